The number of carbonyl (C=O) groups excluding carboxylic acids is 2. The van der Waals surface area contributed by atoms with Crippen molar-refractivity contribution in [3.63, 3.8) is 0 Å². The number of aromatic amines is 1. The number of para-hydroxylation sites is 1. The van der Waals surface area contributed by atoms with E-state index in [0.717, 1.165) is 5.75 Å². The fourth-order valence-electron chi connectivity index (χ4n) is 0.850. The van der Waals surface area contributed by atoms with Gasteiger partial charge in [-0.2, -0.15) is 19.9 Å². The van der Waals surface area contributed by atoms with E-state index >= 15 is 0 Å². The second-order valence-electron chi connectivity index (χ2n) is 2.31. The van der Waals surface area contributed by atoms with Crippen LogP contribution in [0.1, 0.15) is 0 Å². The van der Waals surface area contributed by atoms with Gasteiger partial charge in [-0.05, 0) is 12.1 Å². The van der Waals surface area contributed by atoms with Gasteiger partial charge in [-0.3, -0.25) is 0 Å². The molecule has 2 rings (SSSR count). The highest BCUT2D eigenvalue weighted by Crippen LogP contribution is 2.16. The molecule has 0 saturated heterocycles. The van der Waals surface area contributed by atoms with Crippen molar-refractivity contribution in [3.05, 3.63) is 36.5 Å². The summed E-state index contributed by atoms with van der Waals surface area (Å²) in [5, 5.41) is 9.84. The molecule has 0 unspecified atom stereocenters. The van der Waals surface area contributed by atoms with E-state index in [-0.39, 0.29) is 6.15 Å². The number of ether oxygens (including phenoxy) is 1. The summed E-state index contributed by atoms with van der Waals surface area (Å²) in [5.74, 6) is 1.23. The maximum absolute atomic E-state index is 8.12. The van der Waals surface area contributed by atoms with Gasteiger partial charge < -0.3 is 4.74 Å². The average molecular weight is 205 g/mol. The topological polar surface area (TPSA) is 84.9 Å². The Kier molecular flexibility index (Phi) is 4.29. The molecule has 0 aliphatic carbocycles. The minimum atomic E-state index is 0.250. The third-order valence-corrected chi connectivity index (χ3v) is 1.36. The van der Waals surface area contributed by atoms with Gasteiger partial charge in [-0.1, -0.05) is 18.2 Å². The summed E-state index contributed by atoms with van der Waals surface area (Å²) >= 11 is 0. The highest BCUT2D eigenvalue weighted by molar-refractivity contribution is 5.24. The molecule has 6 heteroatoms. The number of hydrogen-bond donors (Lipinski definition) is 1. The Morgan fingerprint density at radius 2 is 1.87 bits per heavy atom. The zero-order valence-electron chi connectivity index (χ0n) is 7.58. The van der Waals surface area contributed by atoms with Crippen molar-refractivity contribution < 1.29 is 14.3 Å². The molecule has 15 heavy (non-hydrogen) atoms. The predicted molar refractivity (Wildman–Crippen MR) is 47.9 cm³/mol. The smallest absolute Gasteiger partial charge is 0.373 e. The first-order valence-corrected chi connectivity index (χ1v) is 3.94. The van der Waals surface area contributed by atoms with Crippen molar-refractivity contribution in [2.75, 3.05) is 0 Å². The van der Waals surface area contributed by atoms with Crippen LogP contribution >= 0.6 is 0 Å². The first-order chi connectivity index (χ1) is 7.36. The lowest BCUT2D eigenvalue weighted by Gasteiger charge is -1.98. The van der Waals surface area contributed by atoms with E-state index in [0.29, 0.717) is 5.88 Å². The molecule has 0 bridgehead atoms. The monoisotopic (exact) mass is 205 g/mol. The van der Waals surface area contributed by atoms with E-state index in [4.69, 9.17) is 14.3 Å². The molecule has 1 heterocycles. The SMILES string of the molecule is O=C=O.c1ccc(Oc2cn[nH]n2)cc1. The summed E-state index contributed by atoms with van der Waals surface area (Å²) in [5.41, 5.74) is 0. The predicted octanol–water partition coefficient (Wildman–Crippen LogP) is 1.01. The van der Waals surface area contributed by atoms with E-state index in [2.05, 4.69) is 15.4 Å². The number of aromatic nitrogens is 3. The van der Waals surface area contributed by atoms with Gasteiger partial charge in [0.05, 0.1) is 0 Å². The summed E-state index contributed by atoms with van der Waals surface area (Å²) in [4.78, 5) is 16.2. The maximum Gasteiger partial charge on any atom is 0.373 e. The number of hydrogen-bond acceptors (Lipinski definition) is 5. The Balaban J connectivity index is 0.000000337. The summed E-state index contributed by atoms with van der Waals surface area (Å²) in [6.07, 6.45) is 1.77. The number of rotatable bonds is 2. The second-order valence-corrected chi connectivity index (χ2v) is 2.31. The summed E-state index contributed by atoms with van der Waals surface area (Å²) in [6.45, 7) is 0. The molecule has 1 N–H and O–H groups in total. The number of nitrogens with one attached hydrogen (secondary N) is 1. The summed E-state index contributed by atoms with van der Waals surface area (Å²) in [6, 6.07) is 9.43. The quantitative estimate of drug-likeness (QED) is 0.790. The Labute approximate surface area is 84.9 Å². The average Bonchev–Trinajstić information content (AvgIpc) is 2.73. The molecule has 76 valence electrons. The Bertz CT molecular complexity index is 407. The normalized spacial score (nSPS) is 8.27. The minimum absolute atomic E-state index is 0.250. The highest BCUT2D eigenvalue weighted by atomic mass is 16.5. The van der Waals surface area contributed by atoms with Crippen molar-refractivity contribution in [2.24, 2.45) is 0 Å². The minimum Gasteiger partial charge on any atom is -0.436 e. The van der Waals surface area contributed by atoms with Gasteiger partial charge >= 0.3 is 6.15 Å². The van der Waals surface area contributed by atoms with E-state index in [1.807, 2.05) is 30.3 Å². The third-order valence-electron chi connectivity index (χ3n) is 1.36. The lowest BCUT2D eigenvalue weighted by molar-refractivity contribution is -0.191. The zero-order chi connectivity index (χ0) is 10.9. The highest BCUT2D eigenvalue weighted by Gasteiger charge is 1.96. The molecule has 6 nitrogen and oxygen atoms in total. The zero-order valence-corrected chi connectivity index (χ0v) is 7.58. The van der Waals surface area contributed by atoms with Gasteiger partial charge in [0.15, 0.2) is 0 Å². The molecule has 0 saturated carbocycles. The van der Waals surface area contributed by atoms with E-state index in [9.17, 15) is 0 Å². The van der Waals surface area contributed by atoms with Crippen LogP contribution in [0, 0.1) is 0 Å². The van der Waals surface area contributed by atoms with Gasteiger partial charge in [0.2, 0.25) is 0 Å². The van der Waals surface area contributed by atoms with Crippen LogP contribution in [-0.2, 0) is 9.59 Å². The van der Waals surface area contributed by atoms with Crippen LogP contribution in [0.5, 0.6) is 11.6 Å². The molecule has 2 aromatic rings. The van der Waals surface area contributed by atoms with Crippen molar-refractivity contribution in [3.8, 4) is 11.6 Å². The molecule has 0 aliphatic heterocycles. The number of H-pyrrole nitrogens is 1. The Hall–Kier alpha value is -2.46. The molecule has 0 aliphatic rings. The molecule has 1 aromatic heterocycles. The number of benzene rings is 1. The first kappa shape index (κ1) is 10.6. The molecule has 0 atom stereocenters. The van der Waals surface area contributed by atoms with Gasteiger partial charge in [-0.25, -0.2) is 0 Å². The molecular weight excluding hydrogens is 198 g/mol. The van der Waals surface area contributed by atoms with Gasteiger partial charge in [-0.15, -0.1) is 5.10 Å². The lowest BCUT2D eigenvalue weighted by Crippen LogP contribution is -1.82. The van der Waals surface area contributed by atoms with Crippen LogP contribution in [0.15, 0.2) is 36.5 Å². The second kappa shape index (κ2) is 6.06. The Morgan fingerprint density at radius 3 is 2.40 bits per heavy atom. The molecule has 0 fully saturated rings. The van der Waals surface area contributed by atoms with Gasteiger partial charge in [0, 0.05) is 0 Å². The van der Waals surface area contributed by atoms with Gasteiger partial charge in [0.25, 0.3) is 5.88 Å². The molecule has 0 amide bonds. The molecule has 0 spiro atoms. The molecule has 1 aromatic carbocycles. The van der Waals surface area contributed by atoms with Crippen LogP contribution in [0.4, 0.5) is 0 Å². The van der Waals surface area contributed by atoms with E-state index in [1.54, 1.807) is 0 Å². The summed E-state index contributed by atoms with van der Waals surface area (Å²) in [7, 11) is 0. The van der Waals surface area contributed by atoms with E-state index < -0.39 is 0 Å². The molecular formula is C9H7N3O3. The van der Waals surface area contributed by atoms with Crippen LogP contribution in [-0.4, -0.2) is 21.6 Å². The van der Waals surface area contributed by atoms with E-state index in [1.165, 1.54) is 6.20 Å². The summed E-state index contributed by atoms with van der Waals surface area (Å²) < 4.78 is 5.31. The van der Waals surface area contributed by atoms with Crippen molar-refractivity contribution in [1.29, 1.82) is 0 Å². The molecule has 0 radical (unpaired) electrons. The van der Waals surface area contributed by atoms with Crippen molar-refractivity contribution in [1.82, 2.24) is 15.4 Å². The van der Waals surface area contributed by atoms with Crippen LogP contribution < -0.4 is 4.74 Å². The third kappa shape index (κ3) is 3.84. The maximum atomic E-state index is 8.12. The van der Waals surface area contributed by atoms with Crippen molar-refractivity contribution in [2.45, 2.75) is 0 Å². The van der Waals surface area contributed by atoms with Crippen LogP contribution in [0.2, 0.25) is 0 Å². The first-order valence-electron chi connectivity index (χ1n) is 3.94. The standard InChI is InChI=1S/C8H7N3O.CO2/c1-2-4-7(5-3-1)12-8-6-9-11-10-8;2-1-3/h1-6H,(H,9,10,11);. The fourth-order valence-corrected chi connectivity index (χ4v) is 0.850. The van der Waals surface area contributed by atoms with Gasteiger partial charge in [0.1, 0.15) is 11.9 Å². The largest absolute Gasteiger partial charge is 0.436 e. The van der Waals surface area contributed by atoms with Crippen molar-refractivity contribution >= 4 is 6.15 Å². The Morgan fingerprint density at radius 1 is 1.20 bits per heavy atom. The number of nitrogens with zero attached hydrogens (tertiary/aromatic N) is 2. The fraction of sp³-hybridized carbons (Fsp3) is 0. The van der Waals surface area contributed by atoms with Crippen LogP contribution in [0.25, 0.3) is 0 Å². The lowest BCUT2D eigenvalue weighted by atomic mass is 10.3. The van der Waals surface area contributed by atoms with Crippen LogP contribution in [0.3, 0.4) is 0 Å².